The minimum absolute atomic E-state index is 0.350. The van der Waals surface area contributed by atoms with E-state index >= 15 is 0 Å². The molecule has 1 aromatic rings. The van der Waals surface area contributed by atoms with Crippen molar-refractivity contribution in [3.63, 3.8) is 0 Å². The maximum atomic E-state index is 11.6. The van der Waals surface area contributed by atoms with Crippen LogP contribution in [0.3, 0.4) is 0 Å². The number of rotatable bonds is 4. The van der Waals surface area contributed by atoms with E-state index in [1.165, 1.54) is 13.2 Å². The number of hydrogen-bond donors (Lipinski definition) is 0. The molecule has 0 unspecified atom stereocenters. The third-order valence-corrected chi connectivity index (χ3v) is 2.61. The minimum atomic E-state index is -0.465. The zero-order valence-corrected chi connectivity index (χ0v) is 11.8. The Morgan fingerprint density at radius 2 is 1.76 bits per heavy atom. The monoisotopic (exact) mass is 348 g/mol. The van der Waals surface area contributed by atoms with E-state index in [9.17, 15) is 9.59 Å². The van der Waals surface area contributed by atoms with E-state index in [0.29, 0.717) is 17.7 Å². The maximum Gasteiger partial charge on any atom is 0.338 e. The van der Waals surface area contributed by atoms with E-state index in [1.54, 1.807) is 12.1 Å². The molecular formula is C12H13IO4. The third kappa shape index (κ3) is 3.99. The fourth-order valence-corrected chi connectivity index (χ4v) is 1.89. The number of carbonyl (C=O) groups excluding carboxylic acids is 2. The van der Waals surface area contributed by atoms with Gasteiger partial charge in [0.1, 0.15) is 0 Å². The van der Waals surface area contributed by atoms with Crippen molar-refractivity contribution in [1.82, 2.24) is 0 Å². The molecule has 92 valence electrons. The van der Waals surface area contributed by atoms with Crippen molar-refractivity contribution in [2.75, 3.05) is 13.7 Å². The van der Waals surface area contributed by atoms with Crippen LogP contribution < -0.4 is 0 Å². The van der Waals surface area contributed by atoms with Crippen molar-refractivity contribution in [1.29, 1.82) is 0 Å². The van der Waals surface area contributed by atoms with Crippen LogP contribution >= 0.6 is 22.6 Å². The average Bonchev–Trinajstić information content (AvgIpc) is 2.34. The molecule has 5 heteroatoms. The summed E-state index contributed by atoms with van der Waals surface area (Å²) in [5.74, 6) is -0.886. The normalized spacial score (nSPS) is 9.82. The summed E-state index contributed by atoms with van der Waals surface area (Å²) < 4.78 is 10.4. The summed E-state index contributed by atoms with van der Waals surface area (Å²) in [6.45, 7) is 2.29. The SMILES string of the molecule is CCCOC(=O)c1cc(I)cc(C(=O)OC)c1. The Morgan fingerprint density at radius 3 is 2.29 bits per heavy atom. The van der Waals surface area contributed by atoms with Crippen molar-refractivity contribution >= 4 is 34.5 Å². The second-order valence-electron chi connectivity index (χ2n) is 3.36. The Balaban J connectivity index is 2.96. The molecule has 0 atom stereocenters. The predicted octanol–water partition coefficient (Wildman–Crippen LogP) is 2.64. The number of methoxy groups -OCH3 is 1. The van der Waals surface area contributed by atoms with E-state index in [-0.39, 0.29) is 0 Å². The summed E-state index contributed by atoms with van der Waals surface area (Å²) in [6, 6.07) is 4.81. The number of hydrogen-bond acceptors (Lipinski definition) is 4. The van der Waals surface area contributed by atoms with Gasteiger partial charge in [-0.2, -0.15) is 0 Å². The first-order chi connectivity index (χ1) is 8.08. The first-order valence-electron chi connectivity index (χ1n) is 5.14. The highest BCUT2D eigenvalue weighted by molar-refractivity contribution is 14.1. The van der Waals surface area contributed by atoms with Crippen molar-refractivity contribution in [3.05, 3.63) is 32.9 Å². The molecule has 0 heterocycles. The van der Waals surface area contributed by atoms with Crippen LogP contribution in [0.4, 0.5) is 0 Å². The minimum Gasteiger partial charge on any atom is -0.465 e. The van der Waals surface area contributed by atoms with Crippen LogP contribution in [-0.2, 0) is 9.47 Å². The lowest BCUT2D eigenvalue weighted by Gasteiger charge is -2.06. The van der Waals surface area contributed by atoms with Gasteiger partial charge in [0.05, 0.1) is 24.8 Å². The second-order valence-corrected chi connectivity index (χ2v) is 4.60. The van der Waals surface area contributed by atoms with E-state index in [1.807, 2.05) is 29.5 Å². The molecule has 1 aromatic carbocycles. The molecule has 0 saturated heterocycles. The van der Waals surface area contributed by atoms with Crippen molar-refractivity contribution in [3.8, 4) is 0 Å². The zero-order valence-electron chi connectivity index (χ0n) is 9.66. The van der Waals surface area contributed by atoms with Gasteiger partial charge >= 0.3 is 11.9 Å². The molecule has 0 saturated carbocycles. The van der Waals surface area contributed by atoms with Crippen LogP contribution in [-0.4, -0.2) is 25.7 Å². The highest BCUT2D eigenvalue weighted by Crippen LogP contribution is 2.14. The summed E-state index contributed by atoms with van der Waals surface area (Å²) in [6.07, 6.45) is 0.763. The van der Waals surface area contributed by atoms with Gasteiger partial charge in [0.15, 0.2) is 0 Å². The quantitative estimate of drug-likeness (QED) is 0.620. The highest BCUT2D eigenvalue weighted by atomic mass is 127. The van der Waals surface area contributed by atoms with E-state index in [2.05, 4.69) is 4.74 Å². The van der Waals surface area contributed by atoms with Gasteiger partial charge in [-0.25, -0.2) is 9.59 Å². The molecule has 0 spiro atoms. The summed E-state index contributed by atoms with van der Waals surface area (Å²) in [7, 11) is 1.30. The summed E-state index contributed by atoms with van der Waals surface area (Å²) in [5.41, 5.74) is 0.716. The molecule has 0 amide bonds. The highest BCUT2D eigenvalue weighted by Gasteiger charge is 2.13. The molecule has 1 rings (SSSR count). The fraction of sp³-hybridized carbons (Fsp3) is 0.333. The lowest BCUT2D eigenvalue weighted by atomic mass is 10.1. The van der Waals surface area contributed by atoms with Gasteiger partial charge in [-0.05, 0) is 47.2 Å². The van der Waals surface area contributed by atoms with E-state index in [0.717, 1.165) is 9.99 Å². The van der Waals surface area contributed by atoms with Crippen LogP contribution in [0.1, 0.15) is 34.1 Å². The molecule has 4 nitrogen and oxygen atoms in total. The molecule has 0 fully saturated rings. The molecule has 0 N–H and O–H groups in total. The van der Waals surface area contributed by atoms with Crippen LogP contribution in [0.25, 0.3) is 0 Å². The third-order valence-electron chi connectivity index (χ3n) is 1.99. The molecule has 0 radical (unpaired) electrons. The Bertz CT molecular complexity index is 429. The van der Waals surface area contributed by atoms with Gasteiger partial charge in [-0.3, -0.25) is 0 Å². The molecule has 0 aromatic heterocycles. The van der Waals surface area contributed by atoms with Crippen molar-refractivity contribution in [2.24, 2.45) is 0 Å². The summed E-state index contributed by atoms with van der Waals surface area (Å²) in [4.78, 5) is 23.0. The van der Waals surface area contributed by atoms with Crippen LogP contribution in [0.2, 0.25) is 0 Å². The fourth-order valence-electron chi connectivity index (χ4n) is 1.22. The first kappa shape index (κ1) is 14.0. The standard InChI is InChI=1S/C12H13IO4/c1-3-4-17-12(15)9-5-8(11(14)16-2)6-10(13)7-9/h5-7H,3-4H2,1-2H3. The van der Waals surface area contributed by atoms with E-state index < -0.39 is 11.9 Å². The Labute approximate surface area is 113 Å². The lowest BCUT2D eigenvalue weighted by Crippen LogP contribution is -2.09. The number of halogens is 1. The molecule has 0 aliphatic heterocycles. The zero-order chi connectivity index (χ0) is 12.8. The van der Waals surface area contributed by atoms with Crippen LogP contribution in [0.15, 0.2) is 18.2 Å². The maximum absolute atomic E-state index is 11.6. The number of esters is 2. The molecule has 0 aliphatic rings. The van der Waals surface area contributed by atoms with Crippen molar-refractivity contribution in [2.45, 2.75) is 13.3 Å². The molecule has 0 aliphatic carbocycles. The largest absolute Gasteiger partial charge is 0.465 e. The number of benzene rings is 1. The number of ether oxygens (including phenoxy) is 2. The summed E-state index contributed by atoms with van der Waals surface area (Å²) >= 11 is 2.04. The van der Waals surface area contributed by atoms with Gasteiger partial charge in [0.2, 0.25) is 0 Å². The van der Waals surface area contributed by atoms with Gasteiger partial charge in [0, 0.05) is 3.57 Å². The Morgan fingerprint density at radius 1 is 1.18 bits per heavy atom. The van der Waals surface area contributed by atoms with Gasteiger partial charge in [-0.15, -0.1) is 0 Å². The summed E-state index contributed by atoms with van der Waals surface area (Å²) in [5, 5.41) is 0. The van der Waals surface area contributed by atoms with Gasteiger partial charge in [0.25, 0.3) is 0 Å². The molecular weight excluding hydrogens is 335 g/mol. The van der Waals surface area contributed by atoms with Gasteiger partial charge < -0.3 is 9.47 Å². The topological polar surface area (TPSA) is 52.6 Å². The van der Waals surface area contributed by atoms with E-state index in [4.69, 9.17) is 4.74 Å². The Kier molecular flexibility index (Phi) is 5.40. The first-order valence-corrected chi connectivity index (χ1v) is 6.22. The second kappa shape index (κ2) is 6.58. The Hall–Kier alpha value is -1.11. The van der Waals surface area contributed by atoms with Gasteiger partial charge in [-0.1, -0.05) is 6.92 Å². The molecule has 17 heavy (non-hydrogen) atoms. The van der Waals surface area contributed by atoms with Crippen LogP contribution in [0.5, 0.6) is 0 Å². The van der Waals surface area contributed by atoms with Crippen LogP contribution in [0, 0.1) is 3.57 Å². The smallest absolute Gasteiger partial charge is 0.338 e. The average molecular weight is 348 g/mol. The van der Waals surface area contributed by atoms with Crippen molar-refractivity contribution < 1.29 is 19.1 Å². The lowest BCUT2D eigenvalue weighted by molar-refractivity contribution is 0.0505. The predicted molar refractivity (Wildman–Crippen MR) is 71.1 cm³/mol. The molecule has 0 bridgehead atoms. The number of carbonyl (C=O) groups is 2.